The minimum Gasteiger partial charge on any atom is -0.368 e. The number of allylic oxidation sites excluding steroid dienone is 1. The third kappa shape index (κ3) is 3.30. The van der Waals surface area contributed by atoms with E-state index in [0.29, 0.717) is 0 Å². The molecule has 0 aliphatic carbocycles. The van der Waals surface area contributed by atoms with Gasteiger partial charge in [-0.05, 0) is 25.5 Å². The van der Waals surface area contributed by atoms with Gasteiger partial charge in [-0.2, -0.15) is 0 Å². The highest BCUT2D eigenvalue weighted by Gasteiger charge is 2.18. The lowest BCUT2D eigenvalue weighted by Crippen LogP contribution is -2.46. The lowest BCUT2D eigenvalue weighted by atomic mass is 10.1. The Morgan fingerprint density at radius 1 is 1.14 bits per heavy atom. The molecular formula is C19H25N3. The Morgan fingerprint density at radius 2 is 1.91 bits per heavy atom. The lowest BCUT2D eigenvalue weighted by Gasteiger charge is -2.36. The Labute approximate surface area is 133 Å². The summed E-state index contributed by atoms with van der Waals surface area (Å²) in [5.74, 6) is 0. The van der Waals surface area contributed by atoms with E-state index >= 15 is 0 Å². The van der Waals surface area contributed by atoms with Crippen LogP contribution in [0.3, 0.4) is 0 Å². The zero-order valence-corrected chi connectivity index (χ0v) is 13.6. The largest absolute Gasteiger partial charge is 0.368 e. The Morgan fingerprint density at radius 3 is 2.68 bits per heavy atom. The minimum absolute atomic E-state index is 1.09. The van der Waals surface area contributed by atoms with E-state index in [1.165, 1.54) is 16.6 Å². The van der Waals surface area contributed by atoms with Crippen molar-refractivity contribution in [1.82, 2.24) is 9.88 Å². The number of hydrogen-bond acceptors (Lipinski definition) is 3. The normalized spacial score (nSPS) is 17.2. The Hall–Kier alpha value is -1.87. The molecule has 3 heteroatoms. The molecule has 1 aliphatic rings. The monoisotopic (exact) mass is 295 g/mol. The van der Waals surface area contributed by atoms with Crippen molar-refractivity contribution in [2.24, 2.45) is 0 Å². The minimum atomic E-state index is 1.09. The maximum absolute atomic E-state index is 4.47. The van der Waals surface area contributed by atoms with Crippen LogP contribution in [0, 0.1) is 0 Å². The molecule has 1 aromatic carbocycles. The van der Waals surface area contributed by atoms with Crippen LogP contribution in [0.25, 0.3) is 10.9 Å². The van der Waals surface area contributed by atoms with Crippen molar-refractivity contribution >= 4 is 16.6 Å². The molecule has 1 aliphatic heterocycles. The molecule has 1 aromatic heterocycles. The summed E-state index contributed by atoms with van der Waals surface area (Å²) in [6.07, 6.45) is 5.40. The summed E-state index contributed by atoms with van der Waals surface area (Å²) in [6, 6.07) is 10.6. The van der Waals surface area contributed by atoms with Gasteiger partial charge < -0.3 is 4.90 Å². The molecule has 22 heavy (non-hydrogen) atoms. The van der Waals surface area contributed by atoms with E-state index < -0.39 is 0 Å². The van der Waals surface area contributed by atoms with E-state index in [9.17, 15) is 0 Å². The number of anilines is 1. The summed E-state index contributed by atoms with van der Waals surface area (Å²) in [5, 5.41) is 1.26. The van der Waals surface area contributed by atoms with Crippen LogP contribution in [0.5, 0.6) is 0 Å². The molecule has 0 bridgehead atoms. The highest BCUT2D eigenvalue weighted by molar-refractivity contribution is 5.91. The summed E-state index contributed by atoms with van der Waals surface area (Å²) in [5.41, 5.74) is 3.90. The van der Waals surface area contributed by atoms with Crippen LogP contribution in [-0.2, 0) is 0 Å². The topological polar surface area (TPSA) is 19.4 Å². The first-order valence-electron chi connectivity index (χ1n) is 8.24. The predicted molar refractivity (Wildman–Crippen MR) is 94.4 cm³/mol. The van der Waals surface area contributed by atoms with Gasteiger partial charge in [0.1, 0.15) is 0 Å². The van der Waals surface area contributed by atoms with Gasteiger partial charge in [-0.3, -0.25) is 9.88 Å². The molecule has 1 saturated heterocycles. The first-order chi connectivity index (χ1) is 10.8. The van der Waals surface area contributed by atoms with E-state index in [0.717, 1.165) is 44.7 Å². The first kappa shape index (κ1) is 15.0. The maximum Gasteiger partial charge on any atom is 0.0722 e. The first-order valence-corrected chi connectivity index (χ1v) is 8.24. The molecule has 0 saturated carbocycles. The van der Waals surface area contributed by atoms with Crippen LogP contribution in [0.2, 0.25) is 0 Å². The fourth-order valence-electron chi connectivity index (χ4n) is 3.27. The SMILES string of the molecule is CC/C=C(\C)CN1CCN(c2ccnc3ccccc23)CC1. The lowest BCUT2D eigenvalue weighted by molar-refractivity contribution is 0.278. The summed E-state index contributed by atoms with van der Waals surface area (Å²) >= 11 is 0. The Bertz CT molecular complexity index is 649. The number of nitrogens with zero attached hydrogens (tertiary/aromatic N) is 3. The smallest absolute Gasteiger partial charge is 0.0722 e. The van der Waals surface area contributed by atoms with Crippen LogP contribution in [0.15, 0.2) is 48.2 Å². The fourth-order valence-corrected chi connectivity index (χ4v) is 3.27. The average molecular weight is 295 g/mol. The zero-order valence-electron chi connectivity index (χ0n) is 13.6. The number of para-hydroxylation sites is 1. The average Bonchev–Trinajstić information content (AvgIpc) is 2.55. The number of pyridine rings is 1. The van der Waals surface area contributed by atoms with E-state index in [2.05, 4.69) is 65.0 Å². The fraction of sp³-hybridized carbons (Fsp3) is 0.421. The Balaban J connectivity index is 1.69. The highest BCUT2D eigenvalue weighted by atomic mass is 15.3. The molecule has 116 valence electrons. The standard InChI is InChI=1S/C19H25N3/c1-3-6-16(2)15-21-11-13-22(14-12-21)19-9-10-20-18-8-5-4-7-17(18)19/h4-10H,3,11-15H2,1-2H3/b16-6+. The van der Waals surface area contributed by atoms with Gasteiger partial charge in [0.15, 0.2) is 0 Å². The van der Waals surface area contributed by atoms with Crippen molar-refractivity contribution in [3.05, 3.63) is 48.2 Å². The Kier molecular flexibility index (Phi) is 4.74. The number of hydrogen-bond donors (Lipinski definition) is 0. The summed E-state index contributed by atoms with van der Waals surface area (Å²) < 4.78 is 0. The molecule has 0 amide bonds. The molecule has 0 atom stereocenters. The van der Waals surface area contributed by atoms with Crippen molar-refractivity contribution in [1.29, 1.82) is 0 Å². The van der Waals surface area contributed by atoms with Gasteiger partial charge in [0, 0.05) is 50.0 Å². The molecule has 0 unspecified atom stereocenters. The van der Waals surface area contributed by atoms with Crippen molar-refractivity contribution in [3.8, 4) is 0 Å². The van der Waals surface area contributed by atoms with Crippen LogP contribution in [0.4, 0.5) is 5.69 Å². The maximum atomic E-state index is 4.47. The quantitative estimate of drug-likeness (QED) is 0.802. The van der Waals surface area contributed by atoms with Crippen molar-refractivity contribution in [2.45, 2.75) is 20.3 Å². The van der Waals surface area contributed by atoms with Crippen LogP contribution in [0.1, 0.15) is 20.3 Å². The summed E-state index contributed by atoms with van der Waals surface area (Å²) in [7, 11) is 0. The van der Waals surface area contributed by atoms with E-state index in [1.807, 2.05) is 6.20 Å². The predicted octanol–water partition coefficient (Wildman–Crippen LogP) is 3.71. The van der Waals surface area contributed by atoms with Gasteiger partial charge in [0.05, 0.1) is 5.52 Å². The van der Waals surface area contributed by atoms with Crippen molar-refractivity contribution in [3.63, 3.8) is 0 Å². The van der Waals surface area contributed by atoms with Gasteiger partial charge in [-0.1, -0.05) is 36.8 Å². The second-order valence-electron chi connectivity index (χ2n) is 6.07. The molecule has 2 heterocycles. The molecule has 1 fully saturated rings. The molecule has 3 nitrogen and oxygen atoms in total. The number of rotatable bonds is 4. The second kappa shape index (κ2) is 6.93. The number of fused-ring (bicyclic) bond motifs is 1. The highest BCUT2D eigenvalue weighted by Crippen LogP contribution is 2.26. The molecule has 0 N–H and O–H groups in total. The molecule has 0 radical (unpaired) electrons. The second-order valence-corrected chi connectivity index (χ2v) is 6.07. The number of aromatic nitrogens is 1. The van der Waals surface area contributed by atoms with Crippen molar-refractivity contribution in [2.75, 3.05) is 37.6 Å². The van der Waals surface area contributed by atoms with E-state index in [-0.39, 0.29) is 0 Å². The van der Waals surface area contributed by atoms with Gasteiger partial charge in [0.25, 0.3) is 0 Å². The van der Waals surface area contributed by atoms with E-state index in [1.54, 1.807) is 0 Å². The van der Waals surface area contributed by atoms with E-state index in [4.69, 9.17) is 0 Å². The van der Waals surface area contributed by atoms with Gasteiger partial charge in [0.2, 0.25) is 0 Å². The summed E-state index contributed by atoms with van der Waals surface area (Å²) in [4.78, 5) is 9.52. The number of piperazine rings is 1. The molecule has 2 aromatic rings. The van der Waals surface area contributed by atoms with Crippen LogP contribution in [-0.4, -0.2) is 42.6 Å². The van der Waals surface area contributed by atoms with Crippen molar-refractivity contribution < 1.29 is 0 Å². The third-order valence-electron chi connectivity index (χ3n) is 4.36. The zero-order chi connectivity index (χ0) is 15.4. The van der Waals surface area contributed by atoms with Gasteiger partial charge in [-0.15, -0.1) is 0 Å². The van der Waals surface area contributed by atoms with Gasteiger partial charge >= 0.3 is 0 Å². The number of benzene rings is 1. The third-order valence-corrected chi connectivity index (χ3v) is 4.36. The molecule has 3 rings (SSSR count). The van der Waals surface area contributed by atoms with Crippen LogP contribution < -0.4 is 4.90 Å². The summed E-state index contributed by atoms with van der Waals surface area (Å²) in [6.45, 7) is 10.00. The van der Waals surface area contributed by atoms with Gasteiger partial charge in [-0.25, -0.2) is 0 Å². The van der Waals surface area contributed by atoms with Crippen LogP contribution >= 0.6 is 0 Å². The molecular weight excluding hydrogens is 270 g/mol. The molecule has 0 spiro atoms.